The van der Waals surface area contributed by atoms with Crippen LogP contribution in [0.25, 0.3) is 0 Å². The predicted octanol–water partition coefficient (Wildman–Crippen LogP) is 0.0322. The van der Waals surface area contributed by atoms with Gasteiger partial charge in [0.1, 0.15) is 0 Å². The van der Waals surface area contributed by atoms with Crippen LogP contribution in [0.2, 0.25) is 0 Å². The van der Waals surface area contributed by atoms with Crippen LogP contribution < -0.4 is 5.32 Å². The molecule has 1 atom stereocenters. The summed E-state index contributed by atoms with van der Waals surface area (Å²) in [6.45, 7) is 2.29. The van der Waals surface area contributed by atoms with Crippen molar-refractivity contribution in [3.05, 3.63) is 24.0 Å². The van der Waals surface area contributed by atoms with Crippen molar-refractivity contribution in [3.8, 4) is 0 Å². The second kappa shape index (κ2) is 7.26. The highest BCUT2D eigenvalue weighted by Crippen LogP contribution is 2.21. The first-order chi connectivity index (χ1) is 10.4. The molecule has 1 N–H and O–H groups in total. The Balaban J connectivity index is 2.06. The highest BCUT2D eigenvalue weighted by molar-refractivity contribution is 7.88. The van der Waals surface area contributed by atoms with Crippen LogP contribution in [-0.4, -0.2) is 56.3 Å². The van der Waals surface area contributed by atoms with E-state index in [2.05, 4.69) is 5.32 Å². The van der Waals surface area contributed by atoms with Crippen molar-refractivity contribution >= 4 is 15.9 Å². The van der Waals surface area contributed by atoms with Gasteiger partial charge in [0.15, 0.2) is 0 Å². The molecule has 0 saturated carbocycles. The van der Waals surface area contributed by atoms with E-state index in [4.69, 9.17) is 4.74 Å². The summed E-state index contributed by atoms with van der Waals surface area (Å²) in [5.74, 6) is -0.128. The van der Waals surface area contributed by atoms with Crippen LogP contribution in [0.4, 0.5) is 0 Å². The lowest BCUT2D eigenvalue weighted by Crippen LogP contribution is -2.36. The van der Waals surface area contributed by atoms with E-state index in [1.54, 1.807) is 7.11 Å². The average Bonchev–Trinajstić information content (AvgIpc) is 2.77. The molecule has 1 aromatic heterocycles. The zero-order valence-electron chi connectivity index (χ0n) is 13.0. The number of rotatable bonds is 6. The third-order valence-corrected chi connectivity index (χ3v) is 4.97. The maximum Gasteiger partial charge on any atom is 0.220 e. The van der Waals surface area contributed by atoms with E-state index in [-0.39, 0.29) is 11.8 Å². The summed E-state index contributed by atoms with van der Waals surface area (Å²) in [5, 5.41) is 2.78. The van der Waals surface area contributed by atoms with Gasteiger partial charge in [-0.3, -0.25) is 4.79 Å². The van der Waals surface area contributed by atoms with Crippen molar-refractivity contribution in [1.82, 2.24) is 14.2 Å². The highest BCUT2D eigenvalue weighted by atomic mass is 32.2. The summed E-state index contributed by atoms with van der Waals surface area (Å²) in [6, 6.07) is 3.82. The van der Waals surface area contributed by atoms with E-state index in [0.29, 0.717) is 39.2 Å². The molecule has 0 saturated heterocycles. The summed E-state index contributed by atoms with van der Waals surface area (Å²) in [7, 11) is -1.71. The zero-order valence-corrected chi connectivity index (χ0v) is 13.8. The van der Waals surface area contributed by atoms with Crippen LogP contribution in [0.15, 0.2) is 18.3 Å². The maximum absolute atomic E-state index is 12.0. The average molecular weight is 329 g/mol. The van der Waals surface area contributed by atoms with Gasteiger partial charge in [-0.25, -0.2) is 8.42 Å². The van der Waals surface area contributed by atoms with Gasteiger partial charge in [0.25, 0.3) is 0 Å². The smallest absolute Gasteiger partial charge is 0.220 e. The Bertz CT molecular complexity index is 611. The van der Waals surface area contributed by atoms with Gasteiger partial charge >= 0.3 is 0 Å². The number of hydrogen-bond acceptors (Lipinski definition) is 4. The summed E-state index contributed by atoms with van der Waals surface area (Å²) in [6.07, 6.45) is 3.44. The number of methoxy groups -OCH3 is 1. The number of hydrogen-bond donors (Lipinski definition) is 1. The molecule has 0 fully saturated rings. The molecule has 0 spiro atoms. The van der Waals surface area contributed by atoms with Gasteiger partial charge in [-0.05, 0) is 18.1 Å². The first-order valence-corrected chi connectivity index (χ1v) is 9.09. The predicted molar refractivity (Wildman–Crippen MR) is 82.7 cm³/mol. The summed E-state index contributed by atoms with van der Waals surface area (Å²) in [4.78, 5) is 12.0. The molecule has 1 aromatic rings. The normalized spacial score (nSPS) is 19.5. The lowest BCUT2D eigenvalue weighted by Gasteiger charge is -2.21. The number of nitrogens with one attached hydrogen (secondary N) is 1. The topological polar surface area (TPSA) is 80.6 Å². The Kier molecular flexibility index (Phi) is 5.60. The van der Waals surface area contributed by atoms with Crippen molar-refractivity contribution in [1.29, 1.82) is 0 Å². The van der Waals surface area contributed by atoms with Crippen LogP contribution in [0, 0.1) is 5.92 Å². The number of carbonyl (C=O) groups is 1. The lowest BCUT2D eigenvalue weighted by atomic mass is 10.1. The molecule has 0 aliphatic carbocycles. The number of nitrogens with zero attached hydrogens (tertiary/aromatic N) is 2. The first-order valence-electron chi connectivity index (χ1n) is 7.25. The van der Waals surface area contributed by atoms with Crippen LogP contribution in [-0.2, 0) is 32.6 Å². The van der Waals surface area contributed by atoms with E-state index in [0.717, 1.165) is 5.69 Å². The molecule has 0 aromatic carbocycles. The Labute approximate surface area is 131 Å². The van der Waals surface area contributed by atoms with E-state index >= 15 is 0 Å². The Morgan fingerprint density at radius 3 is 2.91 bits per heavy atom. The summed E-state index contributed by atoms with van der Waals surface area (Å²) >= 11 is 0. The molecule has 0 bridgehead atoms. The standard InChI is InChI=1S/C14H23N3O4S/c1-21-7-5-15-14(18)8-12-9-16-6-3-4-13(16)11-17(10-12)22(2,19)20/h3-4,6,12H,5,7-11H2,1-2H3,(H,15,18)/t12-/m0/s1. The highest BCUT2D eigenvalue weighted by Gasteiger charge is 2.28. The second-order valence-corrected chi connectivity index (χ2v) is 7.60. The minimum atomic E-state index is -3.29. The fourth-order valence-corrected chi connectivity index (χ4v) is 3.50. The monoisotopic (exact) mass is 329 g/mol. The molecular weight excluding hydrogens is 306 g/mol. The van der Waals surface area contributed by atoms with Crippen LogP contribution in [0.1, 0.15) is 12.1 Å². The third kappa shape index (κ3) is 4.56. The molecule has 8 heteroatoms. The van der Waals surface area contributed by atoms with E-state index in [1.807, 2.05) is 22.9 Å². The van der Waals surface area contributed by atoms with Gasteiger partial charge in [0, 0.05) is 45.1 Å². The van der Waals surface area contributed by atoms with E-state index in [1.165, 1.54) is 10.6 Å². The fourth-order valence-electron chi connectivity index (χ4n) is 2.65. The van der Waals surface area contributed by atoms with Crippen molar-refractivity contribution in [2.75, 3.05) is 33.1 Å². The van der Waals surface area contributed by atoms with E-state index < -0.39 is 10.0 Å². The van der Waals surface area contributed by atoms with Crippen LogP contribution >= 0.6 is 0 Å². The van der Waals surface area contributed by atoms with Crippen molar-refractivity contribution in [3.63, 3.8) is 0 Å². The summed E-state index contributed by atoms with van der Waals surface area (Å²) < 4.78 is 32.2. The van der Waals surface area contributed by atoms with E-state index in [9.17, 15) is 13.2 Å². The number of carbonyl (C=O) groups excluding carboxylic acids is 1. The van der Waals surface area contributed by atoms with Gasteiger partial charge in [-0.1, -0.05) is 0 Å². The quantitative estimate of drug-likeness (QED) is 0.747. The molecule has 1 aliphatic heterocycles. The molecule has 7 nitrogen and oxygen atoms in total. The Morgan fingerprint density at radius 1 is 1.45 bits per heavy atom. The molecule has 124 valence electrons. The Hall–Kier alpha value is -1.38. The van der Waals surface area contributed by atoms with Crippen molar-refractivity contribution in [2.24, 2.45) is 5.92 Å². The van der Waals surface area contributed by atoms with Gasteiger partial charge in [-0.2, -0.15) is 4.31 Å². The van der Waals surface area contributed by atoms with Gasteiger partial charge < -0.3 is 14.6 Å². The van der Waals surface area contributed by atoms with Gasteiger partial charge in [0.05, 0.1) is 19.4 Å². The minimum Gasteiger partial charge on any atom is -0.383 e. The Morgan fingerprint density at radius 2 is 2.23 bits per heavy atom. The maximum atomic E-state index is 12.0. The molecular formula is C14H23N3O4S. The molecule has 2 rings (SSSR count). The summed E-state index contributed by atoms with van der Waals surface area (Å²) in [5.41, 5.74) is 0.952. The number of fused-ring (bicyclic) bond motifs is 1. The number of sulfonamides is 1. The zero-order chi connectivity index (χ0) is 16.2. The SMILES string of the molecule is COCCNC(=O)C[C@@H]1CN(S(C)(=O)=O)Cc2cccn2C1. The molecule has 1 aliphatic rings. The van der Waals surface area contributed by atoms with Crippen molar-refractivity contribution < 1.29 is 17.9 Å². The minimum absolute atomic E-state index is 0.0501. The third-order valence-electron chi connectivity index (χ3n) is 3.75. The molecule has 22 heavy (non-hydrogen) atoms. The largest absolute Gasteiger partial charge is 0.383 e. The molecule has 0 radical (unpaired) electrons. The fraction of sp³-hybridized carbons (Fsp3) is 0.643. The van der Waals surface area contributed by atoms with Gasteiger partial charge in [0.2, 0.25) is 15.9 Å². The molecule has 1 amide bonds. The van der Waals surface area contributed by atoms with Gasteiger partial charge in [-0.15, -0.1) is 0 Å². The van der Waals surface area contributed by atoms with Crippen LogP contribution in [0.5, 0.6) is 0 Å². The van der Waals surface area contributed by atoms with Crippen molar-refractivity contribution in [2.45, 2.75) is 19.5 Å². The number of amides is 1. The number of ether oxygens (including phenoxy) is 1. The molecule has 2 heterocycles. The second-order valence-electron chi connectivity index (χ2n) is 5.62. The number of aromatic nitrogens is 1. The lowest BCUT2D eigenvalue weighted by molar-refractivity contribution is -0.122. The first kappa shape index (κ1) is 17.0. The van der Waals surface area contributed by atoms with Crippen LogP contribution in [0.3, 0.4) is 0 Å². The molecule has 0 unspecified atom stereocenters.